The molecule has 8 rings (SSSR count). The quantitative estimate of drug-likeness (QED) is 0.114. The molecule has 0 spiro atoms. The number of H-pyrrole nitrogens is 1. The van der Waals surface area contributed by atoms with Crippen LogP contribution in [0.15, 0.2) is 83.0 Å². The van der Waals surface area contributed by atoms with Gasteiger partial charge in [-0.3, -0.25) is 32.5 Å². The van der Waals surface area contributed by atoms with Crippen LogP contribution in [0.1, 0.15) is 28.4 Å². The van der Waals surface area contributed by atoms with Gasteiger partial charge in [0.15, 0.2) is 36.3 Å². The first-order valence-electron chi connectivity index (χ1n) is 17.7. The van der Waals surface area contributed by atoms with Gasteiger partial charge in [0, 0.05) is 18.0 Å². The lowest BCUT2D eigenvalue weighted by Gasteiger charge is -2.32. The van der Waals surface area contributed by atoms with Gasteiger partial charge in [0.05, 0.1) is 32.2 Å². The van der Waals surface area contributed by atoms with Crippen LogP contribution >= 0.6 is 26.0 Å². The van der Waals surface area contributed by atoms with Gasteiger partial charge >= 0.3 is 18.5 Å². The van der Waals surface area contributed by atoms with E-state index < -0.39 is 94.3 Å². The van der Waals surface area contributed by atoms with Crippen molar-refractivity contribution in [1.82, 2.24) is 35.2 Å². The van der Waals surface area contributed by atoms with Crippen LogP contribution in [0.25, 0.3) is 11.2 Å². The maximum absolute atomic E-state index is 16.4. The minimum atomic E-state index is -5.48. The molecule has 61 heavy (non-hydrogen) atoms. The van der Waals surface area contributed by atoms with Gasteiger partial charge in [-0.05, 0) is 53.3 Å². The number of nitrogens with zero attached hydrogens (tertiary/aromatic N) is 5. The van der Waals surface area contributed by atoms with E-state index in [0.717, 1.165) is 29.5 Å². The molecule has 3 aromatic heterocycles. The van der Waals surface area contributed by atoms with Gasteiger partial charge in [-0.15, -0.1) is 0 Å². The maximum atomic E-state index is 16.4. The topological polar surface area (TPSA) is 309 Å². The molecule has 3 aliphatic rings. The monoisotopic (exact) mass is 912 g/mol. The second kappa shape index (κ2) is 17.8. The Morgan fingerprint density at radius 1 is 0.918 bits per heavy atom. The number of nitrogens with one attached hydrogen (secondary N) is 1. The summed E-state index contributed by atoms with van der Waals surface area (Å²) in [6, 6.07) is 13.3. The summed E-state index contributed by atoms with van der Waals surface area (Å²) >= 11 is 0.573. The van der Waals surface area contributed by atoms with Crippen LogP contribution in [0.3, 0.4) is 0 Å². The number of fused-ring (bicyclic) bond motifs is 3. The Balaban J connectivity index is 0.00000561. The highest BCUT2D eigenvalue weighted by molar-refractivity contribution is 8.54. The molecule has 3 fully saturated rings. The Morgan fingerprint density at radius 2 is 1.56 bits per heavy atom. The summed E-state index contributed by atoms with van der Waals surface area (Å²) in [4.78, 5) is 64.2. The summed E-state index contributed by atoms with van der Waals surface area (Å²) in [5.41, 5.74) is 4.91. The van der Waals surface area contributed by atoms with Gasteiger partial charge in [0.25, 0.3) is 13.4 Å². The number of aromatic nitrogens is 6. The molecule has 0 saturated carbocycles. The van der Waals surface area contributed by atoms with Crippen molar-refractivity contribution >= 4 is 49.0 Å². The van der Waals surface area contributed by atoms with Crippen molar-refractivity contribution < 1.29 is 64.6 Å². The molecule has 0 radical (unpaired) electrons. The number of aromatic amines is 1. The zero-order chi connectivity index (χ0) is 42.3. The predicted molar refractivity (Wildman–Crippen MR) is 207 cm³/mol. The second-order valence-electron chi connectivity index (χ2n) is 13.3. The van der Waals surface area contributed by atoms with Crippen LogP contribution < -0.4 is 37.5 Å². The van der Waals surface area contributed by atoms with E-state index in [1.165, 1.54) is 31.4 Å². The molecular weight excluding hydrogens is 876 g/mol. The molecule has 22 nitrogen and oxygen atoms in total. The first-order chi connectivity index (χ1) is 28.7. The van der Waals surface area contributed by atoms with Crippen molar-refractivity contribution in [2.45, 2.75) is 55.0 Å². The van der Waals surface area contributed by atoms with Crippen LogP contribution in [0.4, 0.5) is 14.6 Å². The number of ether oxygens (including phenoxy) is 4. The lowest BCUT2D eigenvalue weighted by molar-refractivity contribution is -0.235. The predicted octanol–water partition coefficient (Wildman–Crippen LogP) is 3.36. The highest BCUT2D eigenvalue weighted by atomic mass is 32.7. The van der Waals surface area contributed by atoms with Crippen LogP contribution in [0.2, 0.25) is 0 Å². The van der Waals surface area contributed by atoms with E-state index in [-0.39, 0.29) is 40.2 Å². The van der Waals surface area contributed by atoms with E-state index in [2.05, 4.69) is 15.0 Å². The molecule has 0 bridgehead atoms. The lowest BCUT2D eigenvalue weighted by atomic mass is 10.1. The zero-order valence-corrected chi connectivity index (χ0v) is 34.4. The number of imidazole rings is 1. The fourth-order valence-corrected chi connectivity index (χ4v) is 10.8. The first kappa shape index (κ1) is 44.2. The van der Waals surface area contributed by atoms with Crippen LogP contribution in [-0.2, 0) is 42.5 Å². The van der Waals surface area contributed by atoms with Crippen molar-refractivity contribution in [2.75, 3.05) is 26.1 Å². The third kappa shape index (κ3) is 9.32. The average Bonchev–Trinajstić information content (AvgIpc) is 3.89. The molecular formula is C34H36F2N8O14P2S. The number of alkyl halides is 2. The fraction of sp³-hybridized carbons (Fsp3) is 0.353. The van der Waals surface area contributed by atoms with Crippen molar-refractivity contribution in [3.8, 4) is 11.5 Å². The number of phosphoric acid groups is 1. The van der Waals surface area contributed by atoms with Crippen LogP contribution in [-0.4, -0.2) is 92.1 Å². The number of phosphoric ester groups is 1. The molecule has 2 aromatic carbocycles. The number of methoxy groups -OCH3 is 1. The van der Waals surface area contributed by atoms with E-state index in [0.29, 0.717) is 27.3 Å². The van der Waals surface area contributed by atoms with Crippen molar-refractivity contribution in [3.63, 3.8) is 0 Å². The lowest BCUT2D eigenvalue weighted by Crippen LogP contribution is -2.38. The number of nitrogens with two attached hydrogens (primary N) is 1. The summed E-state index contributed by atoms with van der Waals surface area (Å²) in [6.07, 6.45) is -12.1. The number of rotatable bonds is 8. The third-order valence-electron chi connectivity index (χ3n) is 9.46. The summed E-state index contributed by atoms with van der Waals surface area (Å²) in [6.45, 7) is -6.51. The Labute approximate surface area is 346 Å². The summed E-state index contributed by atoms with van der Waals surface area (Å²) in [5.74, 6) is -0.0619. The number of esters is 1. The molecule has 7 N–H and O–H groups in total. The van der Waals surface area contributed by atoms with Gasteiger partial charge in [-0.2, -0.15) is 0 Å². The number of anilines is 1. The van der Waals surface area contributed by atoms with Crippen molar-refractivity contribution in [1.29, 1.82) is 0 Å². The average molecular weight is 913 g/mol. The first-order valence-corrected chi connectivity index (χ1v) is 22.3. The van der Waals surface area contributed by atoms with Gasteiger partial charge in [-0.25, -0.2) is 37.9 Å². The Bertz CT molecular complexity index is 2610. The third-order valence-corrected chi connectivity index (χ3v) is 14.1. The molecule has 3 aliphatic heterocycles. The van der Waals surface area contributed by atoms with Crippen LogP contribution in [0, 0.1) is 0 Å². The molecule has 10 atom stereocenters. The number of carbonyl (C=O) groups is 1. The van der Waals surface area contributed by atoms with E-state index in [4.69, 9.17) is 42.8 Å². The molecule has 27 heteroatoms. The SMILES string of the molecule is COc1ccc(C(=O)Oc2ccc(CS[P@]3(=O)OC[C@H]4O[C@@H](n5cnc6c(N)ncnc65)[C@H](F)[C@@H]4OP(=O)([O-])OC[C@H]4O[C@@H](n5ccc(=O)[nH]c5=O)[C@H](F)[C@@H]4O3)cc2)cc1.[NH4+]. The van der Waals surface area contributed by atoms with Crippen molar-refractivity contribution in [2.24, 2.45) is 0 Å². The van der Waals surface area contributed by atoms with Crippen LogP contribution in [0.5, 0.6) is 11.5 Å². The van der Waals surface area contributed by atoms with E-state index in [9.17, 15) is 28.4 Å². The summed E-state index contributed by atoms with van der Waals surface area (Å²) in [7, 11) is -3.99. The van der Waals surface area contributed by atoms with Gasteiger partial charge in [0.1, 0.15) is 47.8 Å². The zero-order valence-electron chi connectivity index (χ0n) is 31.8. The Kier molecular flexibility index (Phi) is 12.9. The normalized spacial score (nSPS) is 30.3. The number of quaternary nitrogens is 1. The standard InChI is InChI=1S/C34H33F2N7O14P2S.H3N/c1-50-19-8-4-18(5-9-19)33(45)53-20-6-2-17(3-7-20)14-60-59(49)52-13-22-27(24(35)32(55-22)43-16-40-26-29(37)38-15-39-30(26)43)56-58(47,48)51-12-21-28(57-59)25(36)31(54-21)42-11-10-23(44)41-34(42)46;/h2-11,15-16,21-22,24-25,27-28,31-32H,12-14H2,1H3,(H,47,48)(H2,37,38,39)(H,41,44,46);1H3/t21-,22-,24-,25-,27-,28-,31-,32-,59-;/m1./s1. The van der Waals surface area contributed by atoms with Gasteiger partial charge < -0.3 is 44.8 Å². The second-order valence-corrected chi connectivity index (χ2v) is 18.7. The smallest absolute Gasteiger partial charge is 0.389 e. The summed E-state index contributed by atoms with van der Waals surface area (Å²) < 4.78 is 107. The fourth-order valence-electron chi connectivity index (χ4n) is 6.50. The van der Waals surface area contributed by atoms with E-state index in [1.807, 2.05) is 4.98 Å². The molecule has 1 unspecified atom stereocenters. The van der Waals surface area contributed by atoms with E-state index in [1.54, 1.807) is 24.3 Å². The number of carbonyl (C=O) groups excluding carboxylic acids is 1. The van der Waals surface area contributed by atoms with Gasteiger partial charge in [0.2, 0.25) is 0 Å². The molecule has 6 heterocycles. The molecule has 5 aromatic rings. The number of hydrogen-bond acceptors (Lipinski definition) is 19. The van der Waals surface area contributed by atoms with Crippen molar-refractivity contribution in [3.05, 3.63) is 105 Å². The number of benzene rings is 2. The Morgan fingerprint density at radius 3 is 2.23 bits per heavy atom. The maximum Gasteiger partial charge on any atom is 0.389 e. The largest absolute Gasteiger partial charge is 0.756 e. The molecule has 326 valence electrons. The number of nitrogen functional groups attached to an aromatic ring is 1. The highest BCUT2D eigenvalue weighted by Gasteiger charge is 2.54. The minimum absolute atomic E-state index is 0. The minimum Gasteiger partial charge on any atom is -0.756 e. The number of halogens is 2. The van der Waals surface area contributed by atoms with Gasteiger partial charge in [-0.1, -0.05) is 12.1 Å². The highest BCUT2D eigenvalue weighted by Crippen LogP contribution is 2.64. The summed E-state index contributed by atoms with van der Waals surface area (Å²) in [5, 5.41) is 0. The molecule has 0 aliphatic carbocycles. The molecule has 3 saturated heterocycles. The Hall–Kier alpha value is -4.91. The number of hydrogen-bond donors (Lipinski definition) is 3. The molecule has 0 amide bonds. The van der Waals surface area contributed by atoms with E-state index >= 15 is 8.78 Å².